The molecule has 0 heterocycles. The van der Waals surface area contributed by atoms with Gasteiger partial charge in [0.05, 0.1) is 0 Å². The van der Waals surface area contributed by atoms with Crippen molar-refractivity contribution in [1.29, 1.82) is 0 Å². The maximum absolute atomic E-state index is 14.2. The molecule has 0 saturated heterocycles. The molecule has 0 saturated carbocycles. The fraction of sp³-hybridized carbons (Fsp3) is 0.371. The van der Waals surface area contributed by atoms with E-state index < -0.39 is 40.0 Å². The first kappa shape index (κ1) is 37.7. The number of fused-ring (bicyclic) bond motifs is 1. The first-order chi connectivity index (χ1) is 22.1. The van der Waals surface area contributed by atoms with Gasteiger partial charge in [-0.2, -0.15) is 0 Å². The number of likely N-dealkylation sites (N-methyl/N-ethyl adjacent to an activating group) is 3. The van der Waals surface area contributed by atoms with E-state index in [1.165, 1.54) is 22.9 Å². The van der Waals surface area contributed by atoms with Crippen LogP contribution in [0.3, 0.4) is 0 Å². The van der Waals surface area contributed by atoms with E-state index in [4.69, 9.17) is 39.5 Å². The normalized spacial score (nSPS) is 13.1. The maximum atomic E-state index is 14.2. The van der Waals surface area contributed by atoms with Crippen LogP contribution in [0.15, 0.2) is 84.9 Å². The average Bonchev–Trinajstić information content (AvgIpc) is 3.03. The van der Waals surface area contributed by atoms with Crippen molar-refractivity contribution in [2.24, 2.45) is 0 Å². The SMILES string of the molecule is CNC(=O)[C@@H](Cc1ccccc1)N(C)C(=O)[C@@H](Cc1ccc2ccccc2c1)N(C)C(=O)/C=C/CC(C)(C)NC(=O)OCC(Cl)(Cl)Cl. The Bertz CT molecular complexity index is 1580. The van der Waals surface area contributed by atoms with Crippen LogP contribution in [0, 0.1) is 0 Å². The van der Waals surface area contributed by atoms with Crippen molar-refractivity contribution >= 4 is 69.4 Å². The Kier molecular flexibility index (Phi) is 13.5. The lowest BCUT2D eigenvalue weighted by atomic mass is 9.98. The lowest BCUT2D eigenvalue weighted by Gasteiger charge is -2.34. The predicted octanol–water partition coefficient (Wildman–Crippen LogP) is 5.85. The van der Waals surface area contributed by atoms with E-state index >= 15 is 0 Å². The number of nitrogens with one attached hydrogen (secondary N) is 2. The van der Waals surface area contributed by atoms with E-state index in [1.807, 2.05) is 72.8 Å². The number of rotatable bonds is 13. The molecule has 3 rings (SSSR count). The van der Waals surface area contributed by atoms with Gasteiger partial charge in [-0.25, -0.2) is 4.79 Å². The molecule has 0 bridgehead atoms. The minimum absolute atomic E-state index is 0.220. The summed E-state index contributed by atoms with van der Waals surface area (Å²) in [4.78, 5) is 55.7. The third-order valence-corrected chi connectivity index (χ3v) is 8.00. The second-order valence-electron chi connectivity index (χ2n) is 11.9. The van der Waals surface area contributed by atoms with Crippen LogP contribution in [-0.2, 0) is 32.0 Å². The van der Waals surface area contributed by atoms with Crippen LogP contribution in [-0.4, -0.2) is 82.8 Å². The molecule has 0 fully saturated rings. The lowest BCUT2D eigenvalue weighted by Crippen LogP contribution is -2.55. The summed E-state index contributed by atoms with van der Waals surface area (Å²) >= 11 is 16.9. The molecule has 0 aromatic heterocycles. The minimum atomic E-state index is -1.74. The fourth-order valence-electron chi connectivity index (χ4n) is 5.01. The van der Waals surface area contributed by atoms with Gasteiger partial charge in [-0.3, -0.25) is 14.4 Å². The number of nitrogens with zero attached hydrogens (tertiary/aromatic N) is 2. The van der Waals surface area contributed by atoms with Crippen molar-refractivity contribution in [3.05, 3.63) is 96.1 Å². The van der Waals surface area contributed by atoms with Gasteiger partial charge in [0.15, 0.2) is 0 Å². The van der Waals surface area contributed by atoms with Crippen LogP contribution < -0.4 is 10.6 Å². The zero-order valence-electron chi connectivity index (χ0n) is 27.1. The molecule has 47 heavy (non-hydrogen) atoms. The van der Waals surface area contributed by atoms with Gasteiger partial charge in [-0.05, 0) is 48.2 Å². The molecule has 0 unspecified atom stereocenters. The number of carbonyl (C=O) groups is 4. The Labute approximate surface area is 291 Å². The number of carbonyl (C=O) groups excluding carboxylic acids is 4. The summed E-state index contributed by atoms with van der Waals surface area (Å²) in [6, 6.07) is 21.5. The molecule has 0 aliphatic heterocycles. The van der Waals surface area contributed by atoms with Crippen LogP contribution in [0.2, 0.25) is 0 Å². The third kappa shape index (κ3) is 11.8. The molecule has 0 aliphatic rings. The molecule has 2 atom stereocenters. The Morgan fingerprint density at radius 3 is 2.09 bits per heavy atom. The van der Waals surface area contributed by atoms with Gasteiger partial charge in [0.2, 0.25) is 21.5 Å². The van der Waals surface area contributed by atoms with Gasteiger partial charge in [-0.1, -0.05) is 114 Å². The van der Waals surface area contributed by atoms with Crippen LogP contribution in [0.1, 0.15) is 31.4 Å². The summed E-state index contributed by atoms with van der Waals surface area (Å²) in [7, 11) is 4.68. The van der Waals surface area contributed by atoms with Crippen molar-refractivity contribution in [3.63, 3.8) is 0 Å². The third-order valence-electron chi connectivity index (χ3n) is 7.68. The summed E-state index contributed by atoms with van der Waals surface area (Å²) in [6.45, 7) is 3.06. The molecule has 0 radical (unpaired) electrons. The smallest absolute Gasteiger partial charge is 0.407 e. The first-order valence-electron chi connectivity index (χ1n) is 15.0. The van der Waals surface area contributed by atoms with E-state index in [-0.39, 0.29) is 24.7 Å². The number of amides is 4. The quantitative estimate of drug-likeness (QED) is 0.172. The summed E-state index contributed by atoms with van der Waals surface area (Å²) in [5.41, 5.74) is 0.947. The number of halogens is 3. The Hall–Kier alpha value is -3.79. The molecule has 3 aromatic rings. The van der Waals surface area contributed by atoms with E-state index in [9.17, 15) is 19.2 Å². The van der Waals surface area contributed by atoms with Gasteiger partial charge in [0.1, 0.15) is 18.7 Å². The summed E-state index contributed by atoms with van der Waals surface area (Å²) in [5.74, 6) is -1.12. The number of hydrogen-bond acceptors (Lipinski definition) is 5. The molecule has 9 nitrogen and oxygen atoms in total. The topological polar surface area (TPSA) is 108 Å². The van der Waals surface area contributed by atoms with Crippen LogP contribution in [0.4, 0.5) is 4.79 Å². The Balaban J connectivity index is 1.84. The maximum Gasteiger partial charge on any atom is 0.407 e. The van der Waals surface area contributed by atoms with Gasteiger partial charge in [0, 0.05) is 39.5 Å². The van der Waals surface area contributed by atoms with Crippen molar-refractivity contribution in [3.8, 4) is 0 Å². The van der Waals surface area contributed by atoms with Gasteiger partial charge in [0.25, 0.3) is 0 Å². The van der Waals surface area contributed by atoms with Crippen LogP contribution >= 0.6 is 34.8 Å². The monoisotopic (exact) mass is 702 g/mol. The molecule has 2 N–H and O–H groups in total. The van der Waals surface area contributed by atoms with E-state index in [0.717, 1.165) is 21.9 Å². The zero-order chi connectivity index (χ0) is 34.8. The largest absolute Gasteiger partial charge is 0.445 e. The molecule has 252 valence electrons. The summed E-state index contributed by atoms with van der Waals surface area (Å²) < 4.78 is 3.20. The number of hydrogen-bond donors (Lipinski definition) is 2. The molecule has 4 amide bonds. The highest BCUT2D eigenvalue weighted by Crippen LogP contribution is 2.26. The van der Waals surface area contributed by atoms with E-state index in [2.05, 4.69) is 10.6 Å². The Morgan fingerprint density at radius 1 is 0.830 bits per heavy atom. The summed E-state index contributed by atoms with van der Waals surface area (Å²) in [5, 5.41) is 7.40. The van der Waals surface area contributed by atoms with Crippen LogP contribution in [0.25, 0.3) is 10.8 Å². The molecule has 12 heteroatoms. The standard InChI is InChI=1S/C35H41Cl3N4O5/c1-34(2,40-33(46)47-23-35(36,37)38)19-11-16-30(43)41(4)29(22-25-17-18-26-14-9-10-15-27(26)20-25)32(45)42(5)28(31(44)39-3)21-24-12-7-6-8-13-24/h6-18,20,28-29H,19,21-23H2,1-5H3,(H,39,44)(H,40,46)/b16-11+/t28-,29-/m1/s1. The molecule has 0 spiro atoms. The highest BCUT2D eigenvalue weighted by atomic mass is 35.6. The number of alkyl halides is 3. The zero-order valence-corrected chi connectivity index (χ0v) is 29.4. The van der Waals surface area contributed by atoms with Crippen molar-refractivity contribution in [1.82, 2.24) is 20.4 Å². The van der Waals surface area contributed by atoms with Gasteiger partial charge >= 0.3 is 6.09 Å². The van der Waals surface area contributed by atoms with Crippen LogP contribution in [0.5, 0.6) is 0 Å². The van der Waals surface area contributed by atoms with E-state index in [0.29, 0.717) is 6.42 Å². The van der Waals surface area contributed by atoms with Gasteiger partial charge < -0.3 is 25.2 Å². The summed E-state index contributed by atoms with van der Waals surface area (Å²) in [6.07, 6.45) is 2.97. The highest BCUT2D eigenvalue weighted by molar-refractivity contribution is 6.67. The first-order valence-corrected chi connectivity index (χ1v) is 16.2. The highest BCUT2D eigenvalue weighted by Gasteiger charge is 2.34. The second-order valence-corrected chi connectivity index (χ2v) is 14.4. The fourth-order valence-corrected chi connectivity index (χ4v) is 5.18. The molecular formula is C35H41Cl3N4O5. The lowest BCUT2D eigenvalue weighted by molar-refractivity contribution is -0.146. The van der Waals surface area contributed by atoms with Crippen molar-refractivity contribution in [2.45, 2.75) is 54.5 Å². The molecule has 3 aromatic carbocycles. The number of benzene rings is 3. The number of ether oxygens (including phenoxy) is 1. The van der Waals surface area contributed by atoms with E-state index in [1.54, 1.807) is 34.0 Å². The Morgan fingerprint density at radius 2 is 1.45 bits per heavy atom. The second kappa shape index (κ2) is 16.9. The number of alkyl carbamates (subject to hydrolysis) is 1. The molecule has 0 aliphatic carbocycles. The molecular weight excluding hydrogens is 663 g/mol. The van der Waals surface area contributed by atoms with Crippen molar-refractivity contribution < 1.29 is 23.9 Å². The predicted molar refractivity (Wildman–Crippen MR) is 188 cm³/mol. The van der Waals surface area contributed by atoms with Gasteiger partial charge in [-0.15, -0.1) is 0 Å². The average molecular weight is 704 g/mol. The van der Waals surface area contributed by atoms with Crippen molar-refractivity contribution in [2.75, 3.05) is 27.7 Å². The minimum Gasteiger partial charge on any atom is -0.445 e.